The molecule has 124 valence electrons. The lowest BCUT2D eigenvalue weighted by molar-refractivity contribution is 0.151. The van der Waals surface area contributed by atoms with Crippen LogP contribution in [0.2, 0.25) is 0 Å². The lowest BCUT2D eigenvalue weighted by Gasteiger charge is -2.20. The van der Waals surface area contributed by atoms with E-state index in [0.29, 0.717) is 5.75 Å². The highest BCUT2D eigenvalue weighted by Crippen LogP contribution is 2.14. The van der Waals surface area contributed by atoms with Crippen molar-refractivity contribution < 1.29 is 22.7 Å². The number of carbonyl (C=O) groups excluding carboxylic acids is 1. The van der Waals surface area contributed by atoms with Crippen molar-refractivity contribution in [3.63, 3.8) is 0 Å². The molecule has 0 atom stereocenters. The number of alkyl carbamates (subject to hydrolysis) is 1. The van der Waals surface area contributed by atoms with Crippen molar-refractivity contribution >= 4 is 16.1 Å². The third kappa shape index (κ3) is 6.31. The fourth-order valence-electron chi connectivity index (χ4n) is 1.76. The minimum Gasteiger partial charge on any atom is -0.497 e. The maximum atomic E-state index is 11.8. The van der Waals surface area contributed by atoms with Gasteiger partial charge in [0.25, 0.3) is 0 Å². The van der Waals surface area contributed by atoms with Crippen LogP contribution in [0.3, 0.4) is 0 Å². The number of sulfonamides is 1. The molecule has 7 nitrogen and oxygen atoms in total. The van der Waals surface area contributed by atoms with Gasteiger partial charge in [-0.2, -0.15) is 4.31 Å². The minimum atomic E-state index is -3.38. The Labute approximate surface area is 131 Å². The molecule has 0 saturated heterocycles. The number of nitrogens with zero attached hydrogens (tertiary/aromatic N) is 1. The topological polar surface area (TPSA) is 84.9 Å². The quantitative estimate of drug-likeness (QED) is 0.774. The number of nitrogens with one attached hydrogen (secondary N) is 1. The molecule has 1 aromatic rings. The maximum absolute atomic E-state index is 11.8. The van der Waals surface area contributed by atoms with Gasteiger partial charge in [-0.15, -0.1) is 0 Å². The minimum absolute atomic E-state index is 0.170. The molecule has 0 bridgehead atoms. The van der Waals surface area contributed by atoms with Gasteiger partial charge in [0.05, 0.1) is 20.0 Å². The van der Waals surface area contributed by atoms with Crippen molar-refractivity contribution in [1.82, 2.24) is 9.62 Å². The SMILES string of the molecule is CCOC(=O)NCCN(Cc1ccc(OC)cc1)S(C)(=O)=O. The normalized spacial score (nSPS) is 11.3. The summed E-state index contributed by atoms with van der Waals surface area (Å²) in [6, 6.07) is 7.14. The summed E-state index contributed by atoms with van der Waals surface area (Å²) in [6.07, 6.45) is 0.585. The van der Waals surface area contributed by atoms with Crippen LogP contribution in [0.4, 0.5) is 4.79 Å². The molecule has 1 amide bonds. The number of hydrogen-bond acceptors (Lipinski definition) is 5. The van der Waals surface area contributed by atoms with Crippen LogP contribution in [0.15, 0.2) is 24.3 Å². The zero-order chi connectivity index (χ0) is 16.6. The van der Waals surface area contributed by atoms with Gasteiger partial charge in [0.1, 0.15) is 5.75 Å². The van der Waals surface area contributed by atoms with Gasteiger partial charge in [0.15, 0.2) is 0 Å². The van der Waals surface area contributed by atoms with Gasteiger partial charge < -0.3 is 14.8 Å². The van der Waals surface area contributed by atoms with Gasteiger partial charge in [-0.1, -0.05) is 12.1 Å². The molecular formula is C14H22N2O5S. The first-order valence-corrected chi connectivity index (χ1v) is 8.70. The molecule has 0 aliphatic carbocycles. The Morgan fingerprint density at radius 1 is 1.27 bits per heavy atom. The highest BCUT2D eigenvalue weighted by molar-refractivity contribution is 7.88. The van der Waals surface area contributed by atoms with Crippen LogP contribution in [0.25, 0.3) is 0 Å². The van der Waals surface area contributed by atoms with Crippen LogP contribution in [0.1, 0.15) is 12.5 Å². The average Bonchev–Trinajstić information content (AvgIpc) is 2.46. The molecule has 0 aromatic heterocycles. The Hall–Kier alpha value is -1.80. The highest BCUT2D eigenvalue weighted by atomic mass is 32.2. The third-order valence-electron chi connectivity index (χ3n) is 2.89. The first-order chi connectivity index (χ1) is 10.4. The van der Waals surface area contributed by atoms with Gasteiger partial charge in [-0.3, -0.25) is 0 Å². The predicted octanol–water partition coefficient (Wildman–Crippen LogP) is 1.20. The van der Waals surface area contributed by atoms with Crippen molar-refractivity contribution in [3.8, 4) is 5.75 Å². The molecule has 22 heavy (non-hydrogen) atoms. The molecular weight excluding hydrogens is 308 g/mol. The van der Waals surface area contributed by atoms with Crippen LogP contribution in [-0.4, -0.2) is 51.9 Å². The summed E-state index contributed by atoms with van der Waals surface area (Å²) in [5.74, 6) is 0.707. The van der Waals surface area contributed by atoms with Crippen LogP contribution >= 0.6 is 0 Å². The van der Waals surface area contributed by atoms with Crippen molar-refractivity contribution in [3.05, 3.63) is 29.8 Å². The zero-order valence-electron chi connectivity index (χ0n) is 13.0. The smallest absolute Gasteiger partial charge is 0.407 e. The number of benzene rings is 1. The number of ether oxygens (including phenoxy) is 2. The van der Waals surface area contributed by atoms with Crippen LogP contribution in [0.5, 0.6) is 5.75 Å². The van der Waals surface area contributed by atoms with E-state index in [1.807, 2.05) is 0 Å². The molecule has 0 fully saturated rings. The summed E-state index contributed by atoms with van der Waals surface area (Å²) in [4.78, 5) is 11.2. The summed E-state index contributed by atoms with van der Waals surface area (Å²) in [5.41, 5.74) is 0.836. The van der Waals surface area contributed by atoms with E-state index in [-0.39, 0.29) is 26.2 Å². The molecule has 0 radical (unpaired) electrons. The average molecular weight is 330 g/mol. The standard InChI is InChI=1S/C14H22N2O5S/c1-4-21-14(17)15-9-10-16(22(3,18)19)11-12-5-7-13(20-2)8-6-12/h5-8H,4,9-11H2,1-3H3,(H,15,17). The largest absolute Gasteiger partial charge is 0.497 e. The molecule has 8 heteroatoms. The van der Waals surface area contributed by atoms with E-state index in [2.05, 4.69) is 5.32 Å². The van der Waals surface area contributed by atoms with Gasteiger partial charge in [-0.25, -0.2) is 13.2 Å². The Bertz CT molecular complexity index is 571. The number of carbonyl (C=O) groups is 1. The second-order valence-corrected chi connectivity index (χ2v) is 6.57. The zero-order valence-corrected chi connectivity index (χ0v) is 13.9. The lowest BCUT2D eigenvalue weighted by atomic mass is 10.2. The van der Waals surface area contributed by atoms with E-state index in [1.165, 1.54) is 4.31 Å². The number of rotatable bonds is 8. The molecule has 0 saturated carbocycles. The molecule has 0 heterocycles. The van der Waals surface area contributed by atoms with Crippen LogP contribution in [-0.2, 0) is 21.3 Å². The summed E-state index contributed by atoms with van der Waals surface area (Å²) >= 11 is 0. The van der Waals surface area contributed by atoms with Crippen molar-refractivity contribution in [1.29, 1.82) is 0 Å². The second kappa shape index (κ2) is 8.60. The molecule has 1 rings (SSSR count). The number of hydrogen-bond donors (Lipinski definition) is 1. The van der Waals surface area contributed by atoms with Gasteiger partial charge in [-0.05, 0) is 24.6 Å². The summed E-state index contributed by atoms with van der Waals surface area (Å²) in [5, 5.41) is 2.50. The molecule has 0 aliphatic rings. The Balaban J connectivity index is 2.63. The predicted molar refractivity (Wildman–Crippen MR) is 83.3 cm³/mol. The van der Waals surface area contributed by atoms with E-state index < -0.39 is 16.1 Å². The Morgan fingerprint density at radius 2 is 1.91 bits per heavy atom. The second-order valence-electron chi connectivity index (χ2n) is 4.59. The summed E-state index contributed by atoms with van der Waals surface area (Å²) < 4.78 is 34.7. The highest BCUT2D eigenvalue weighted by Gasteiger charge is 2.17. The summed E-state index contributed by atoms with van der Waals surface area (Å²) in [7, 11) is -1.81. The first kappa shape index (κ1) is 18.2. The van der Waals surface area contributed by atoms with E-state index in [1.54, 1.807) is 38.3 Å². The van der Waals surface area contributed by atoms with E-state index >= 15 is 0 Å². The molecule has 1 aromatic carbocycles. The van der Waals surface area contributed by atoms with Gasteiger partial charge in [0, 0.05) is 19.6 Å². The third-order valence-corrected chi connectivity index (χ3v) is 4.14. The fourth-order valence-corrected chi connectivity index (χ4v) is 2.57. The van der Waals surface area contributed by atoms with E-state index in [4.69, 9.17) is 9.47 Å². The molecule has 0 spiro atoms. The molecule has 0 unspecified atom stereocenters. The first-order valence-electron chi connectivity index (χ1n) is 6.85. The Morgan fingerprint density at radius 3 is 2.41 bits per heavy atom. The van der Waals surface area contributed by atoms with Gasteiger partial charge >= 0.3 is 6.09 Å². The van der Waals surface area contributed by atoms with Crippen LogP contribution < -0.4 is 10.1 Å². The number of methoxy groups -OCH3 is 1. The monoisotopic (exact) mass is 330 g/mol. The molecule has 1 N–H and O–H groups in total. The van der Waals surface area contributed by atoms with Crippen LogP contribution in [0, 0.1) is 0 Å². The number of amides is 1. The van der Waals surface area contributed by atoms with Crippen molar-refractivity contribution in [2.24, 2.45) is 0 Å². The van der Waals surface area contributed by atoms with E-state index in [0.717, 1.165) is 11.8 Å². The van der Waals surface area contributed by atoms with Gasteiger partial charge in [0.2, 0.25) is 10.0 Å². The van der Waals surface area contributed by atoms with Crippen molar-refractivity contribution in [2.45, 2.75) is 13.5 Å². The fraction of sp³-hybridized carbons (Fsp3) is 0.500. The Kier molecular flexibility index (Phi) is 7.13. The lowest BCUT2D eigenvalue weighted by Crippen LogP contribution is -2.37. The maximum Gasteiger partial charge on any atom is 0.407 e. The molecule has 0 aliphatic heterocycles. The summed E-state index contributed by atoms with van der Waals surface area (Å²) in [6.45, 7) is 2.55. The van der Waals surface area contributed by atoms with Crippen molar-refractivity contribution in [2.75, 3.05) is 33.1 Å². The van der Waals surface area contributed by atoms with E-state index in [9.17, 15) is 13.2 Å².